The molecule has 0 aliphatic heterocycles. The molecular weight excluding hydrogens is 290 g/mol. The van der Waals surface area contributed by atoms with E-state index in [2.05, 4.69) is 10.6 Å². The van der Waals surface area contributed by atoms with Crippen molar-refractivity contribution < 1.29 is 18.3 Å². The van der Waals surface area contributed by atoms with E-state index in [-0.39, 0.29) is 0 Å². The minimum atomic E-state index is -0.815. The monoisotopic (exact) mass is 306 g/mol. The molecule has 4 nitrogen and oxygen atoms in total. The topological polar surface area (TPSA) is 50.4 Å². The second-order valence-electron chi connectivity index (χ2n) is 4.58. The van der Waals surface area contributed by atoms with Crippen molar-refractivity contribution in [2.24, 2.45) is 0 Å². The Morgan fingerprint density at radius 2 is 1.73 bits per heavy atom. The first kappa shape index (κ1) is 15.8. The average Bonchev–Trinajstić information content (AvgIpc) is 2.52. The summed E-state index contributed by atoms with van der Waals surface area (Å²) in [7, 11) is 1.59. The Balaban J connectivity index is 1.82. The maximum atomic E-state index is 13.4. The van der Waals surface area contributed by atoms with Gasteiger partial charge in [-0.2, -0.15) is 0 Å². The number of anilines is 1. The Labute approximate surface area is 127 Å². The van der Waals surface area contributed by atoms with Gasteiger partial charge in [0.25, 0.3) is 0 Å². The predicted octanol–water partition coefficient (Wildman–Crippen LogP) is 3.34. The molecule has 0 aliphatic carbocycles. The highest BCUT2D eigenvalue weighted by atomic mass is 19.1. The maximum Gasteiger partial charge on any atom is 0.319 e. The van der Waals surface area contributed by atoms with Gasteiger partial charge in [-0.25, -0.2) is 13.6 Å². The number of hydrogen-bond acceptors (Lipinski definition) is 2. The lowest BCUT2D eigenvalue weighted by atomic mass is 10.1. The number of nitrogens with one attached hydrogen (secondary N) is 2. The van der Waals surface area contributed by atoms with Crippen molar-refractivity contribution in [1.82, 2.24) is 5.32 Å². The summed E-state index contributed by atoms with van der Waals surface area (Å²) in [5.74, 6) is -0.875. The highest BCUT2D eigenvalue weighted by Gasteiger charge is 2.11. The average molecular weight is 306 g/mol. The number of ether oxygens (including phenoxy) is 1. The molecule has 116 valence electrons. The van der Waals surface area contributed by atoms with Gasteiger partial charge in [0.2, 0.25) is 0 Å². The molecule has 0 saturated heterocycles. The van der Waals surface area contributed by atoms with E-state index in [1.165, 1.54) is 6.07 Å². The molecule has 0 heterocycles. The van der Waals surface area contributed by atoms with Crippen LogP contribution < -0.4 is 15.4 Å². The normalized spacial score (nSPS) is 10.1. The molecule has 6 heteroatoms. The SMILES string of the molecule is COc1ccc(CCNC(=O)Nc2c(F)cccc2F)cc1. The summed E-state index contributed by atoms with van der Waals surface area (Å²) in [4.78, 5) is 11.6. The lowest BCUT2D eigenvalue weighted by Crippen LogP contribution is -2.31. The van der Waals surface area contributed by atoms with Gasteiger partial charge in [0, 0.05) is 6.54 Å². The molecule has 0 aliphatic rings. The van der Waals surface area contributed by atoms with Crippen LogP contribution in [-0.4, -0.2) is 19.7 Å². The molecule has 2 N–H and O–H groups in total. The Hall–Kier alpha value is -2.63. The van der Waals surface area contributed by atoms with Crippen molar-refractivity contribution in [3.05, 3.63) is 59.7 Å². The third kappa shape index (κ3) is 4.18. The standard InChI is InChI=1S/C16H16F2N2O2/c1-22-12-7-5-11(6-8-12)9-10-19-16(21)20-15-13(17)3-2-4-14(15)18/h2-8H,9-10H2,1H3,(H2,19,20,21). The second kappa shape index (κ2) is 7.40. The van der Waals surface area contributed by atoms with Crippen molar-refractivity contribution in [2.45, 2.75) is 6.42 Å². The van der Waals surface area contributed by atoms with E-state index in [1.807, 2.05) is 24.3 Å². The molecule has 0 atom stereocenters. The van der Waals surface area contributed by atoms with Crippen molar-refractivity contribution >= 4 is 11.7 Å². The van der Waals surface area contributed by atoms with Crippen LogP contribution >= 0.6 is 0 Å². The van der Waals surface area contributed by atoms with Gasteiger partial charge >= 0.3 is 6.03 Å². The third-order valence-corrected chi connectivity index (χ3v) is 3.06. The van der Waals surface area contributed by atoms with Crippen molar-refractivity contribution in [2.75, 3.05) is 19.0 Å². The Bertz CT molecular complexity index is 625. The highest BCUT2D eigenvalue weighted by molar-refractivity contribution is 5.89. The number of carbonyl (C=O) groups excluding carboxylic acids is 1. The zero-order valence-electron chi connectivity index (χ0n) is 12.0. The fourth-order valence-electron chi connectivity index (χ4n) is 1.89. The number of urea groups is 1. The molecule has 0 spiro atoms. The molecule has 0 fully saturated rings. The van der Waals surface area contributed by atoms with Gasteiger partial charge in [-0.1, -0.05) is 18.2 Å². The van der Waals surface area contributed by atoms with E-state index in [1.54, 1.807) is 7.11 Å². The van der Waals surface area contributed by atoms with E-state index >= 15 is 0 Å². The van der Waals surface area contributed by atoms with Crippen LogP contribution in [0.2, 0.25) is 0 Å². The van der Waals surface area contributed by atoms with E-state index in [4.69, 9.17) is 4.74 Å². The van der Waals surface area contributed by atoms with Crippen LogP contribution in [0.25, 0.3) is 0 Å². The Morgan fingerprint density at radius 1 is 1.09 bits per heavy atom. The first-order valence-corrected chi connectivity index (χ1v) is 6.72. The predicted molar refractivity (Wildman–Crippen MR) is 80.1 cm³/mol. The molecule has 2 aromatic carbocycles. The van der Waals surface area contributed by atoms with Crippen LogP contribution in [0.1, 0.15) is 5.56 Å². The first-order valence-electron chi connectivity index (χ1n) is 6.72. The van der Waals surface area contributed by atoms with Gasteiger partial charge in [0.15, 0.2) is 0 Å². The van der Waals surface area contributed by atoms with Crippen LogP contribution in [0.5, 0.6) is 5.75 Å². The molecule has 2 aromatic rings. The third-order valence-electron chi connectivity index (χ3n) is 3.06. The summed E-state index contributed by atoms with van der Waals surface area (Å²) in [6.07, 6.45) is 0.594. The quantitative estimate of drug-likeness (QED) is 0.890. The number of benzene rings is 2. The van der Waals surface area contributed by atoms with Crippen LogP contribution in [0.15, 0.2) is 42.5 Å². The molecule has 0 saturated carbocycles. The molecule has 0 bridgehead atoms. The van der Waals surface area contributed by atoms with Crippen LogP contribution in [-0.2, 0) is 6.42 Å². The minimum absolute atomic E-state index is 0.342. The maximum absolute atomic E-state index is 13.4. The lowest BCUT2D eigenvalue weighted by molar-refractivity contribution is 0.252. The molecule has 0 aromatic heterocycles. The van der Waals surface area contributed by atoms with Gasteiger partial charge in [0.05, 0.1) is 7.11 Å². The highest BCUT2D eigenvalue weighted by Crippen LogP contribution is 2.17. The second-order valence-corrected chi connectivity index (χ2v) is 4.58. The molecule has 22 heavy (non-hydrogen) atoms. The van der Waals surface area contributed by atoms with Gasteiger partial charge in [0.1, 0.15) is 23.1 Å². The Morgan fingerprint density at radius 3 is 2.32 bits per heavy atom. The Kier molecular flexibility index (Phi) is 5.30. The van der Waals surface area contributed by atoms with Crippen molar-refractivity contribution in [3.63, 3.8) is 0 Å². The fraction of sp³-hybridized carbons (Fsp3) is 0.188. The van der Waals surface area contributed by atoms with Crippen LogP contribution in [0.3, 0.4) is 0 Å². The van der Waals surface area contributed by atoms with Gasteiger partial charge in [-0.15, -0.1) is 0 Å². The van der Waals surface area contributed by atoms with Gasteiger partial charge in [-0.3, -0.25) is 0 Å². The zero-order chi connectivity index (χ0) is 15.9. The summed E-state index contributed by atoms with van der Waals surface area (Å²) in [5.41, 5.74) is 0.558. The number of para-hydroxylation sites is 1. The summed E-state index contributed by atoms with van der Waals surface area (Å²) in [6.45, 7) is 0.342. The van der Waals surface area contributed by atoms with E-state index < -0.39 is 23.4 Å². The lowest BCUT2D eigenvalue weighted by Gasteiger charge is -2.09. The van der Waals surface area contributed by atoms with Crippen molar-refractivity contribution in [3.8, 4) is 5.75 Å². The molecular formula is C16H16F2N2O2. The number of methoxy groups -OCH3 is 1. The summed E-state index contributed by atoms with van der Waals surface area (Å²) >= 11 is 0. The molecule has 2 rings (SSSR count). The van der Waals surface area contributed by atoms with Crippen LogP contribution in [0.4, 0.5) is 19.3 Å². The smallest absolute Gasteiger partial charge is 0.319 e. The summed E-state index contributed by atoms with van der Waals surface area (Å²) < 4.78 is 31.8. The largest absolute Gasteiger partial charge is 0.497 e. The van der Waals surface area contributed by atoms with E-state index in [0.717, 1.165) is 23.4 Å². The summed E-state index contributed by atoms with van der Waals surface area (Å²) in [6, 6.07) is 10.2. The number of hydrogen-bond donors (Lipinski definition) is 2. The number of halogens is 2. The number of rotatable bonds is 5. The van der Waals surface area contributed by atoms with Crippen molar-refractivity contribution in [1.29, 1.82) is 0 Å². The van der Waals surface area contributed by atoms with Crippen LogP contribution in [0, 0.1) is 11.6 Å². The summed E-state index contributed by atoms with van der Waals surface area (Å²) in [5, 5.41) is 4.71. The first-order chi connectivity index (χ1) is 10.6. The minimum Gasteiger partial charge on any atom is -0.497 e. The number of amides is 2. The van der Waals surface area contributed by atoms with Gasteiger partial charge in [-0.05, 0) is 36.2 Å². The fourth-order valence-corrected chi connectivity index (χ4v) is 1.89. The van der Waals surface area contributed by atoms with E-state index in [0.29, 0.717) is 13.0 Å². The molecule has 2 amide bonds. The molecule has 0 radical (unpaired) electrons. The zero-order valence-corrected chi connectivity index (χ0v) is 12.0. The molecule has 0 unspecified atom stereocenters. The van der Waals surface area contributed by atoms with E-state index in [9.17, 15) is 13.6 Å². The number of carbonyl (C=O) groups is 1. The van der Waals surface area contributed by atoms with Gasteiger partial charge < -0.3 is 15.4 Å².